The maximum atomic E-state index is 13.2. The number of benzene rings is 1. The van der Waals surface area contributed by atoms with Gasteiger partial charge in [0, 0.05) is 24.7 Å². The van der Waals surface area contributed by atoms with Gasteiger partial charge in [0.25, 0.3) is 0 Å². The van der Waals surface area contributed by atoms with Crippen molar-refractivity contribution in [3.63, 3.8) is 0 Å². The van der Waals surface area contributed by atoms with Gasteiger partial charge in [0.15, 0.2) is 0 Å². The minimum absolute atomic E-state index is 0.158. The summed E-state index contributed by atoms with van der Waals surface area (Å²) in [4.78, 5) is 5.47. The summed E-state index contributed by atoms with van der Waals surface area (Å²) in [6.45, 7) is 4.38. The first-order chi connectivity index (χ1) is 12.6. The Morgan fingerprint density at radius 1 is 0.962 bits per heavy atom. The quantitative estimate of drug-likeness (QED) is 0.764. The molecule has 0 bridgehead atoms. The van der Waals surface area contributed by atoms with Crippen molar-refractivity contribution < 1.29 is 8.42 Å². The molecule has 4 rings (SSSR count). The van der Waals surface area contributed by atoms with Crippen molar-refractivity contribution >= 4 is 10.0 Å². The van der Waals surface area contributed by atoms with Crippen LogP contribution in [0.5, 0.6) is 0 Å². The molecule has 0 spiro atoms. The van der Waals surface area contributed by atoms with Gasteiger partial charge in [-0.3, -0.25) is 0 Å². The van der Waals surface area contributed by atoms with Crippen molar-refractivity contribution in [2.75, 3.05) is 33.2 Å². The van der Waals surface area contributed by atoms with Gasteiger partial charge in [-0.2, -0.15) is 4.31 Å². The average Bonchev–Trinajstić information content (AvgIpc) is 3.40. The lowest BCUT2D eigenvalue weighted by Gasteiger charge is -2.39. The van der Waals surface area contributed by atoms with Crippen molar-refractivity contribution in [2.24, 2.45) is 0 Å². The third kappa shape index (κ3) is 3.84. The Bertz CT molecular complexity index is 697. The van der Waals surface area contributed by atoms with E-state index in [1.54, 1.807) is 12.1 Å². The van der Waals surface area contributed by atoms with Gasteiger partial charge in [-0.1, -0.05) is 18.2 Å². The highest BCUT2D eigenvalue weighted by atomic mass is 32.2. The summed E-state index contributed by atoms with van der Waals surface area (Å²) in [5.74, 6) is 0. The highest BCUT2D eigenvalue weighted by molar-refractivity contribution is 7.89. The molecule has 0 radical (unpaired) electrons. The number of sulfonamides is 1. The molecule has 1 unspecified atom stereocenters. The van der Waals surface area contributed by atoms with E-state index in [1.165, 1.54) is 19.4 Å². The van der Waals surface area contributed by atoms with Crippen molar-refractivity contribution in [2.45, 2.75) is 61.5 Å². The fourth-order valence-corrected chi connectivity index (χ4v) is 6.55. The van der Waals surface area contributed by atoms with Crippen molar-refractivity contribution in [3.8, 4) is 0 Å². The normalized spacial score (nSPS) is 26.6. The zero-order chi connectivity index (χ0) is 18.1. The van der Waals surface area contributed by atoms with Crippen LogP contribution in [-0.4, -0.2) is 73.9 Å². The molecule has 5 nitrogen and oxygen atoms in total. The van der Waals surface area contributed by atoms with Crippen LogP contribution >= 0.6 is 0 Å². The second kappa shape index (κ2) is 7.58. The largest absolute Gasteiger partial charge is 0.302 e. The van der Waals surface area contributed by atoms with Gasteiger partial charge >= 0.3 is 0 Å². The van der Waals surface area contributed by atoms with Crippen LogP contribution in [0.4, 0.5) is 0 Å². The fourth-order valence-electron chi connectivity index (χ4n) is 4.60. The molecular formula is C20H31N3O2S. The van der Waals surface area contributed by atoms with E-state index in [1.807, 2.05) is 22.5 Å². The summed E-state index contributed by atoms with van der Waals surface area (Å²) in [6, 6.07) is 10.0. The molecule has 2 heterocycles. The first kappa shape index (κ1) is 18.4. The highest BCUT2D eigenvalue weighted by Crippen LogP contribution is 2.36. The lowest BCUT2D eigenvalue weighted by Crippen LogP contribution is -2.50. The number of nitrogens with zero attached hydrogens (tertiary/aromatic N) is 3. The predicted molar refractivity (Wildman–Crippen MR) is 104 cm³/mol. The van der Waals surface area contributed by atoms with Crippen LogP contribution in [0, 0.1) is 0 Å². The highest BCUT2D eigenvalue weighted by Gasteiger charge is 2.43. The Labute approximate surface area is 158 Å². The van der Waals surface area contributed by atoms with E-state index in [9.17, 15) is 8.42 Å². The van der Waals surface area contributed by atoms with Gasteiger partial charge in [-0.25, -0.2) is 8.42 Å². The third-order valence-electron chi connectivity index (χ3n) is 6.28. The second-order valence-electron chi connectivity index (χ2n) is 8.19. The van der Waals surface area contributed by atoms with Crippen LogP contribution in [0.25, 0.3) is 0 Å². The Kier molecular flexibility index (Phi) is 5.37. The maximum absolute atomic E-state index is 13.2. The van der Waals surface area contributed by atoms with E-state index in [-0.39, 0.29) is 12.1 Å². The minimum Gasteiger partial charge on any atom is -0.302 e. The van der Waals surface area contributed by atoms with E-state index in [2.05, 4.69) is 16.8 Å². The molecule has 3 aliphatic rings. The summed E-state index contributed by atoms with van der Waals surface area (Å²) < 4.78 is 28.3. The number of hydrogen-bond acceptors (Lipinski definition) is 4. The van der Waals surface area contributed by atoms with Gasteiger partial charge in [0.05, 0.1) is 4.90 Å². The van der Waals surface area contributed by atoms with E-state index in [0.29, 0.717) is 10.9 Å². The second-order valence-corrected chi connectivity index (χ2v) is 10.0. The number of piperidine rings is 1. The molecule has 3 fully saturated rings. The molecule has 1 aliphatic carbocycles. The molecule has 2 saturated heterocycles. The van der Waals surface area contributed by atoms with Crippen LogP contribution in [0.2, 0.25) is 0 Å². The fraction of sp³-hybridized carbons (Fsp3) is 0.700. The Morgan fingerprint density at radius 2 is 1.62 bits per heavy atom. The van der Waals surface area contributed by atoms with Crippen molar-refractivity contribution in [1.29, 1.82) is 0 Å². The zero-order valence-corrected chi connectivity index (χ0v) is 16.6. The van der Waals surface area contributed by atoms with E-state index >= 15 is 0 Å². The number of likely N-dealkylation sites (tertiary alicyclic amines) is 2. The summed E-state index contributed by atoms with van der Waals surface area (Å²) in [5, 5.41) is 0. The number of hydrogen-bond donors (Lipinski definition) is 0. The van der Waals surface area contributed by atoms with Crippen LogP contribution in [0.3, 0.4) is 0 Å². The van der Waals surface area contributed by atoms with Crippen molar-refractivity contribution in [1.82, 2.24) is 14.1 Å². The zero-order valence-electron chi connectivity index (χ0n) is 15.8. The molecule has 6 heteroatoms. The molecule has 2 aliphatic heterocycles. The van der Waals surface area contributed by atoms with Gasteiger partial charge in [0.1, 0.15) is 0 Å². The molecule has 1 atom stereocenters. The van der Waals surface area contributed by atoms with E-state index in [4.69, 9.17) is 0 Å². The topological polar surface area (TPSA) is 43.9 Å². The average molecular weight is 378 g/mol. The smallest absolute Gasteiger partial charge is 0.243 e. The summed E-state index contributed by atoms with van der Waals surface area (Å²) in [5.41, 5.74) is 0. The van der Waals surface area contributed by atoms with E-state index < -0.39 is 10.0 Å². The summed E-state index contributed by atoms with van der Waals surface area (Å²) in [6.07, 6.45) is 6.55. The Morgan fingerprint density at radius 3 is 2.19 bits per heavy atom. The van der Waals surface area contributed by atoms with Crippen LogP contribution in [-0.2, 0) is 10.0 Å². The minimum atomic E-state index is -3.38. The van der Waals surface area contributed by atoms with Crippen LogP contribution in [0.1, 0.15) is 38.5 Å². The molecule has 144 valence electrons. The predicted octanol–water partition coefficient (Wildman–Crippen LogP) is 2.40. The van der Waals surface area contributed by atoms with Gasteiger partial charge < -0.3 is 9.80 Å². The maximum Gasteiger partial charge on any atom is 0.243 e. The molecule has 0 amide bonds. The Balaban J connectivity index is 1.41. The molecule has 0 N–H and O–H groups in total. The first-order valence-electron chi connectivity index (χ1n) is 10.1. The molecule has 26 heavy (non-hydrogen) atoms. The molecule has 1 saturated carbocycles. The lowest BCUT2D eigenvalue weighted by atomic mass is 10.0. The summed E-state index contributed by atoms with van der Waals surface area (Å²) in [7, 11) is -1.15. The first-order valence-corrected chi connectivity index (χ1v) is 11.5. The molecule has 1 aromatic carbocycles. The van der Waals surface area contributed by atoms with Gasteiger partial charge in [-0.05, 0) is 77.3 Å². The molecular weight excluding hydrogens is 346 g/mol. The number of likely N-dealkylation sites (N-methyl/N-ethyl adjacent to an activating group) is 1. The SMILES string of the molecule is CN1CCCC1CN1CCC(N(C2CC2)S(=O)(=O)c2ccccc2)CC1. The lowest BCUT2D eigenvalue weighted by molar-refractivity contribution is 0.128. The molecule has 0 aromatic heterocycles. The van der Waals surface area contributed by atoms with Crippen LogP contribution < -0.4 is 0 Å². The summed E-state index contributed by atoms with van der Waals surface area (Å²) >= 11 is 0. The van der Waals surface area contributed by atoms with Gasteiger partial charge in [-0.15, -0.1) is 0 Å². The van der Waals surface area contributed by atoms with Crippen LogP contribution in [0.15, 0.2) is 35.2 Å². The third-order valence-corrected chi connectivity index (χ3v) is 8.30. The molecule has 1 aromatic rings. The Hall–Kier alpha value is -0.950. The monoisotopic (exact) mass is 377 g/mol. The van der Waals surface area contributed by atoms with Gasteiger partial charge in [0.2, 0.25) is 10.0 Å². The standard InChI is InChI=1S/C20H31N3O2S/c1-21-13-5-6-19(21)16-22-14-11-18(12-15-22)23(17-9-10-17)26(24,25)20-7-3-2-4-8-20/h2-4,7-8,17-19H,5-6,9-16H2,1H3. The van der Waals surface area contributed by atoms with Crippen molar-refractivity contribution in [3.05, 3.63) is 30.3 Å². The number of rotatable bonds is 6. The van der Waals surface area contributed by atoms with E-state index in [0.717, 1.165) is 45.3 Å².